The van der Waals surface area contributed by atoms with Gasteiger partial charge in [-0.25, -0.2) is 0 Å². The average molecular weight is 219 g/mol. The molecule has 1 heterocycles. The first-order valence-corrected chi connectivity index (χ1v) is 4.84. The molecule has 0 saturated carbocycles. The minimum absolute atomic E-state index is 0.0586. The molecule has 0 unspecified atom stereocenters. The number of phenols is 1. The molecule has 4 N–H and O–H groups in total. The number of aromatic nitrogens is 2. The Morgan fingerprint density at radius 3 is 2.69 bits per heavy atom. The van der Waals surface area contributed by atoms with Gasteiger partial charge in [-0.15, -0.1) is 0 Å². The Balaban J connectivity index is 2.49. The molecule has 16 heavy (non-hydrogen) atoms. The fraction of sp³-hybridized carbons (Fsp3) is 0.182. The summed E-state index contributed by atoms with van der Waals surface area (Å²) in [5, 5.41) is 22.6. The van der Waals surface area contributed by atoms with E-state index in [1.54, 1.807) is 36.1 Å². The summed E-state index contributed by atoms with van der Waals surface area (Å²) in [6.45, 7) is -0.186. The van der Waals surface area contributed by atoms with Crippen LogP contribution >= 0.6 is 0 Å². The van der Waals surface area contributed by atoms with Gasteiger partial charge in [0.25, 0.3) is 0 Å². The van der Waals surface area contributed by atoms with Crippen molar-refractivity contribution in [1.82, 2.24) is 9.78 Å². The van der Waals surface area contributed by atoms with Crippen LogP contribution in [-0.4, -0.2) is 20.0 Å². The van der Waals surface area contributed by atoms with Crippen LogP contribution in [-0.2, 0) is 13.7 Å². The first-order valence-electron chi connectivity index (χ1n) is 4.84. The van der Waals surface area contributed by atoms with E-state index in [1.165, 1.54) is 0 Å². The molecular weight excluding hydrogens is 206 g/mol. The predicted molar refractivity (Wildman–Crippen MR) is 60.6 cm³/mol. The molecule has 2 aromatic rings. The molecule has 0 aliphatic carbocycles. The molecule has 5 nitrogen and oxygen atoms in total. The van der Waals surface area contributed by atoms with Crippen LogP contribution in [0.3, 0.4) is 0 Å². The molecule has 0 spiro atoms. The molecule has 0 aliphatic heterocycles. The van der Waals surface area contributed by atoms with Gasteiger partial charge in [-0.1, -0.05) is 12.1 Å². The Morgan fingerprint density at radius 2 is 2.19 bits per heavy atom. The summed E-state index contributed by atoms with van der Waals surface area (Å²) < 4.78 is 1.56. The number of aliphatic hydroxyl groups is 1. The van der Waals surface area contributed by atoms with Crippen molar-refractivity contribution in [3.8, 4) is 16.9 Å². The zero-order chi connectivity index (χ0) is 11.7. The summed E-state index contributed by atoms with van der Waals surface area (Å²) in [7, 11) is 1.75. The van der Waals surface area contributed by atoms with Gasteiger partial charge in [0.2, 0.25) is 0 Å². The summed E-state index contributed by atoms with van der Waals surface area (Å²) in [5.74, 6) is 0.597. The highest BCUT2D eigenvalue weighted by molar-refractivity contribution is 5.74. The maximum Gasteiger partial charge on any atom is 0.129 e. The molecule has 0 fully saturated rings. The second-order valence-electron chi connectivity index (χ2n) is 3.57. The Labute approximate surface area is 92.8 Å². The number of aliphatic hydroxyl groups excluding tert-OH is 1. The smallest absolute Gasteiger partial charge is 0.129 e. The number of hydrogen-bond acceptors (Lipinski definition) is 4. The highest BCUT2D eigenvalue weighted by Gasteiger charge is 2.09. The van der Waals surface area contributed by atoms with Crippen molar-refractivity contribution in [1.29, 1.82) is 0 Å². The van der Waals surface area contributed by atoms with Crippen LogP contribution in [0.5, 0.6) is 5.75 Å². The van der Waals surface area contributed by atoms with Crippen LogP contribution in [0.25, 0.3) is 11.1 Å². The Kier molecular flexibility index (Phi) is 2.54. The first-order chi connectivity index (χ1) is 7.63. The summed E-state index contributed by atoms with van der Waals surface area (Å²) >= 11 is 0. The van der Waals surface area contributed by atoms with Crippen LogP contribution in [0.1, 0.15) is 5.56 Å². The monoisotopic (exact) mass is 219 g/mol. The van der Waals surface area contributed by atoms with Gasteiger partial charge in [-0.3, -0.25) is 4.68 Å². The zero-order valence-electron chi connectivity index (χ0n) is 8.88. The zero-order valence-corrected chi connectivity index (χ0v) is 8.88. The van der Waals surface area contributed by atoms with Crippen molar-refractivity contribution >= 4 is 5.82 Å². The lowest BCUT2D eigenvalue weighted by molar-refractivity contribution is 0.275. The van der Waals surface area contributed by atoms with Gasteiger partial charge in [0.1, 0.15) is 11.6 Å². The van der Waals surface area contributed by atoms with E-state index in [1.807, 2.05) is 0 Å². The van der Waals surface area contributed by atoms with Crippen LogP contribution in [0.4, 0.5) is 5.82 Å². The summed E-state index contributed by atoms with van der Waals surface area (Å²) in [4.78, 5) is 0. The SMILES string of the molecule is Cn1ncc(-c2ccc(CO)c(O)c2)c1N. The van der Waals surface area contributed by atoms with Gasteiger partial charge in [0.05, 0.1) is 12.8 Å². The van der Waals surface area contributed by atoms with Crippen LogP contribution in [0, 0.1) is 0 Å². The number of nitrogens with two attached hydrogens (primary N) is 1. The maximum atomic E-state index is 9.62. The topological polar surface area (TPSA) is 84.3 Å². The third-order valence-electron chi connectivity index (χ3n) is 2.55. The number of nitrogens with zero attached hydrogens (tertiary/aromatic N) is 2. The van der Waals surface area contributed by atoms with Gasteiger partial charge in [-0.2, -0.15) is 5.10 Å². The molecule has 0 amide bonds. The predicted octanol–water partition coefficient (Wildman–Crippen LogP) is 0.867. The Bertz CT molecular complexity index is 520. The fourth-order valence-corrected chi connectivity index (χ4v) is 1.53. The van der Waals surface area contributed by atoms with Crippen molar-refractivity contribution in [2.45, 2.75) is 6.61 Å². The molecule has 0 saturated heterocycles. The van der Waals surface area contributed by atoms with E-state index >= 15 is 0 Å². The van der Waals surface area contributed by atoms with E-state index < -0.39 is 0 Å². The minimum Gasteiger partial charge on any atom is -0.508 e. The fourth-order valence-electron chi connectivity index (χ4n) is 1.53. The lowest BCUT2D eigenvalue weighted by Gasteiger charge is -2.05. The maximum absolute atomic E-state index is 9.62. The van der Waals surface area contributed by atoms with Gasteiger partial charge in [-0.05, 0) is 11.6 Å². The average Bonchev–Trinajstić information content (AvgIpc) is 2.60. The number of aryl methyl sites for hydroxylation is 1. The van der Waals surface area contributed by atoms with Crippen molar-refractivity contribution < 1.29 is 10.2 Å². The highest BCUT2D eigenvalue weighted by atomic mass is 16.3. The molecular formula is C11H13N3O2. The molecule has 5 heteroatoms. The van der Waals surface area contributed by atoms with Crippen LogP contribution in [0.2, 0.25) is 0 Å². The summed E-state index contributed by atoms with van der Waals surface area (Å²) in [5.41, 5.74) is 7.86. The number of benzene rings is 1. The highest BCUT2D eigenvalue weighted by Crippen LogP contribution is 2.29. The molecule has 0 atom stereocenters. The standard InChI is InChI=1S/C11H13N3O2/c1-14-11(12)9(5-13-14)7-2-3-8(6-15)10(16)4-7/h2-5,15-16H,6,12H2,1H3. The van der Waals surface area contributed by atoms with Crippen LogP contribution in [0.15, 0.2) is 24.4 Å². The Morgan fingerprint density at radius 1 is 1.44 bits per heavy atom. The normalized spacial score (nSPS) is 10.6. The first kappa shape index (κ1) is 10.5. The van der Waals surface area contributed by atoms with Crippen molar-refractivity contribution in [3.63, 3.8) is 0 Å². The summed E-state index contributed by atoms with van der Waals surface area (Å²) in [6, 6.07) is 5.02. The van der Waals surface area contributed by atoms with Crippen molar-refractivity contribution in [3.05, 3.63) is 30.0 Å². The van der Waals surface area contributed by atoms with Crippen molar-refractivity contribution in [2.24, 2.45) is 7.05 Å². The van der Waals surface area contributed by atoms with Gasteiger partial charge in [0.15, 0.2) is 0 Å². The van der Waals surface area contributed by atoms with E-state index in [9.17, 15) is 5.11 Å². The lowest BCUT2D eigenvalue weighted by Crippen LogP contribution is -1.98. The second-order valence-corrected chi connectivity index (χ2v) is 3.57. The molecule has 0 bridgehead atoms. The van der Waals surface area contributed by atoms with Gasteiger partial charge >= 0.3 is 0 Å². The third kappa shape index (κ3) is 1.61. The molecule has 84 valence electrons. The number of anilines is 1. The molecule has 1 aromatic heterocycles. The van der Waals surface area contributed by atoms with E-state index in [-0.39, 0.29) is 12.4 Å². The molecule has 0 radical (unpaired) electrons. The number of nitrogen functional groups attached to an aromatic ring is 1. The van der Waals surface area contributed by atoms with Gasteiger partial charge in [0, 0.05) is 18.2 Å². The second kappa shape index (κ2) is 3.86. The Hall–Kier alpha value is -2.01. The molecule has 2 rings (SSSR count). The van der Waals surface area contributed by atoms with Crippen molar-refractivity contribution in [2.75, 3.05) is 5.73 Å². The molecule has 1 aromatic carbocycles. The quantitative estimate of drug-likeness (QED) is 0.699. The van der Waals surface area contributed by atoms with E-state index in [2.05, 4.69) is 5.10 Å². The number of aromatic hydroxyl groups is 1. The lowest BCUT2D eigenvalue weighted by atomic mass is 10.1. The number of rotatable bonds is 2. The number of hydrogen-bond donors (Lipinski definition) is 3. The molecule has 0 aliphatic rings. The largest absolute Gasteiger partial charge is 0.508 e. The van der Waals surface area contributed by atoms with E-state index in [4.69, 9.17) is 10.8 Å². The van der Waals surface area contributed by atoms with E-state index in [0.29, 0.717) is 11.4 Å². The van der Waals surface area contributed by atoms with Crippen LogP contribution < -0.4 is 5.73 Å². The van der Waals surface area contributed by atoms with E-state index in [0.717, 1.165) is 11.1 Å². The summed E-state index contributed by atoms with van der Waals surface area (Å²) in [6.07, 6.45) is 1.64. The minimum atomic E-state index is -0.186. The third-order valence-corrected chi connectivity index (χ3v) is 2.55. The van der Waals surface area contributed by atoms with Gasteiger partial charge < -0.3 is 15.9 Å².